The van der Waals surface area contributed by atoms with E-state index in [0.717, 1.165) is 26.0 Å². The van der Waals surface area contributed by atoms with E-state index >= 15 is 0 Å². The second kappa shape index (κ2) is 7.84. The summed E-state index contributed by atoms with van der Waals surface area (Å²) in [7, 11) is 1.68. The van der Waals surface area contributed by atoms with Gasteiger partial charge in [-0.3, -0.25) is 0 Å². The van der Waals surface area contributed by atoms with E-state index in [1.165, 1.54) is 6.07 Å². The molecule has 1 aromatic rings. The van der Waals surface area contributed by atoms with Crippen LogP contribution in [0.5, 0.6) is 5.75 Å². The lowest BCUT2D eigenvalue weighted by atomic mass is 10.2. The molecule has 0 saturated carbocycles. The summed E-state index contributed by atoms with van der Waals surface area (Å²) in [5.41, 5.74) is 6.87. The maximum atomic E-state index is 13.6. The van der Waals surface area contributed by atoms with Gasteiger partial charge in [0.2, 0.25) is 0 Å². The van der Waals surface area contributed by atoms with Crippen LogP contribution in [0.4, 0.5) is 15.8 Å². The Hall–Kier alpha value is -1.49. The van der Waals surface area contributed by atoms with Crippen molar-refractivity contribution in [3.05, 3.63) is 17.9 Å². The van der Waals surface area contributed by atoms with Crippen LogP contribution in [0.1, 0.15) is 26.7 Å². The fraction of sp³-hybridized carbons (Fsp3) is 0.571. The Balaban J connectivity index is 2.61. The summed E-state index contributed by atoms with van der Waals surface area (Å²) < 4.78 is 24.0. The first-order valence-corrected chi connectivity index (χ1v) is 6.53. The zero-order chi connectivity index (χ0) is 14.3. The Morgan fingerprint density at radius 2 is 2.05 bits per heavy atom. The Labute approximate surface area is 114 Å². The molecule has 0 saturated heterocycles. The average Bonchev–Trinajstić information content (AvgIpc) is 2.33. The second-order valence-corrected chi connectivity index (χ2v) is 4.66. The van der Waals surface area contributed by atoms with Crippen molar-refractivity contribution in [3.8, 4) is 5.75 Å². The van der Waals surface area contributed by atoms with Gasteiger partial charge in [-0.25, -0.2) is 4.39 Å². The van der Waals surface area contributed by atoms with Crippen molar-refractivity contribution in [2.45, 2.75) is 32.8 Å². The first kappa shape index (κ1) is 15.6. The van der Waals surface area contributed by atoms with Crippen molar-refractivity contribution in [2.24, 2.45) is 0 Å². The highest BCUT2D eigenvalue weighted by Gasteiger charge is 2.10. The number of rotatable bonds is 8. The number of halogens is 1. The summed E-state index contributed by atoms with van der Waals surface area (Å²) >= 11 is 0. The normalized spacial score (nSPS) is 10.8. The molecule has 0 aromatic heterocycles. The lowest BCUT2D eigenvalue weighted by molar-refractivity contribution is 0.194. The van der Waals surface area contributed by atoms with Crippen molar-refractivity contribution >= 4 is 11.4 Å². The SMILES string of the molecule is COCCCCNc1cc(OC(C)C)c(F)cc1N. The molecule has 0 bridgehead atoms. The molecule has 0 spiro atoms. The maximum Gasteiger partial charge on any atom is 0.167 e. The Bertz CT molecular complexity index is 397. The number of ether oxygens (including phenoxy) is 2. The molecule has 0 atom stereocenters. The topological polar surface area (TPSA) is 56.5 Å². The molecule has 4 nitrogen and oxygen atoms in total. The van der Waals surface area contributed by atoms with E-state index in [-0.39, 0.29) is 11.9 Å². The minimum Gasteiger partial charge on any atom is -0.488 e. The fourth-order valence-corrected chi connectivity index (χ4v) is 1.66. The smallest absolute Gasteiger partial charge is 0.167 e. The average molecular weight is 270 g/mol. The minimum absolute atomic E-state index is 0.0762. The van der Waals surface area contributed by atoms with Crippen LogP contribution in [0.25, 0.3) is 0 Å². The monoisotopic (exact) mass is 270 g/mol. The van der Waals surface area contributed by atoms with E-state index < -0.39 is 5.82 Å². The van der Waals surface area contributed by atoms with E-state index in [1.807, 2.05) is 13.8 Å². The molecule has 0 aliphatic rings. The van der Waals surface area contributed by atoms with Crippen LogP contribution < -0.4 is 15.8 Å². The molecule has 0 heterocycles. The number of nitrogens with two attached hydrogens (primary N) is 1. The molecule has 1 aromatic carbocycles. The van der Waals surface area contributed by atoms with Gasteiger partial charge in [-0.15, -0.1) is 0 Å². The molecule has 108 valence electrons. The zero-order valence-corrected chi connectivity index (χ0v) is 11.8. The van der Waals surface area contributed by atoms with Crippen LogP contribution >= 0.6 is 0 Å². The van der Waals surface area contributed by atoms with Crippen LogP contribution in [0, 0.1) is 5.82 Å². The van der Waals surface area contributed by atoms with Gasteiger partial charge in [-0.2, -0.15) is 0 Å². The van der Waals surface area contributed by atoms with Crippen LogP contribution in [-0.2, 0) is 4.74 Å². The second-order valence-electron chi connectivity index (χ2n) is 4.66. The Morgan fingerprint density at radius 3 is 2.68 bits per heavy atom. The number of nitrogens with one attached hydrogen (secondary N) is 1. The molecule has 19 heavy (non-hydrogen) atoms. The van der Waals surface area contributed by atoms with Crippen LogP contribution in [0.15, 0.2) is 12.1 Å². The third kappa shape index (κ3) is 5.34. The molecule has 1 rings (SSSR count). The highest BCUT2D eigenvalue weighted by atomic mass is 19.1. The van der Waals surface area contributed by atoms with E-state index in [1.54, 1.807) is 13.2 Å². The maximum absolute atomic E-state index is 13.6. The lowest BCUT2D eigenvalue weighted by Gasteiger charge is -2.15. The van der Waals surface area contributed by atoms with Crippen LogP contribution in [0.3, 0.4) is 0 Å². The molecule has 0 amide bonds. The fourth-order valence-electron chi connectivity index (χ4n) is 1.66. The van der Waals surface area contributed by atoms with Crippen molar-refractivity contribution in [1.29, 1.82) is 0 Å². The van der Waals surface area contributed by atoms with Crippen LogP contribution in [0.2, 0.25) is 0 Å². The molecule has 0 unspecified atom stereocenters. The largest absolute Gasteiger partial charge is 0.488 e. The highest BCUT2D eigenvalue weighted by molar-refractivity contribution is 5.68. The summed E-state index contributed by atoms with van der Waals surface area (Å²) in [6.07, 6.45) is 1.86. The standard InChI is InChI=1S/C14H23FN2O2/c1-10(2)19-14-9-13(12(16)8-11(14)15)17-6-4-5-7-18-3/h8-10,17H,4-7,16H2,1-3H3. The van der Waals surface area contributed by atoms with E-state index in [4.69, 9.17) is 15.2 Å². The van der Waals surface area contributed by atoms with Gasteiger partial charge in [-0.05, 0) is 26.7 Å². The molecule has 0 aliphatic heterocycles. The first-order chi connectivity index (χ1) is 9.04. The molecular formula is C14H23FN2O2. The third-order valence-corrected chi connectivity index (χ3v) is 2.56. The molecular weight excluding hydrogens is 247 g/mol. The van der Waals surface area contributed by atoms with Gasteiger partial charge < -0.3 is 20.5 Å². The third-order valence-electron chi connectivity index (χ3n) is 2.56. The first-order valence-electron chi connectivity index (χ1n) is 6.53. The van der Waals surface area contributed by atoms with Crippen molar-refractivity contribution < 1.29 is 13.9 Å². The highest BCUT2D eigenvalue weighted by Crippen LogP contribution is 2.28. The summed E-state index contributed by atoms with van der Waals surface area (Å²) in [6, 6.07) is 2.90. The summed E-state index contributed by atoms with van der Waals surface area (Å²) in [6.45, 7) is 5.21. The van der Waals surface area contributed by atoms with Gasteiger partial charge in [0.1, 0.15) is 0 Å². The Morgan fingerprint density at radius 1 is 1.32 bits per heavy atom. The number of hydrogen-bond acceptors (Lipinski definition) is 4. The molecule has 3 N–H and O–H groups in total. The van der Waals surface area contributed by atoms with E-state index in [9.17, 15) is 4.39 Å². The molecule has 0 aliphatic carbocycles. The van der Waals surface area contributed by atoms with Gasteiger partial charge in [0.25, 0.3) is 0 Å². The lowest BCUT2D eigenvalue weighted by Crippen LogP contribution is -2.10. The van der Waals surface area contributed by atoms with E-state index in [2.05, 4.69) is 5.32 Å². The van der Waals surface area contributed by atoms with E-state index in [0.29, 0.717) is 11.4 Å². The van der Waals surface area contributed by atoms with Gasteiger partial charge >= 0.3 is 0 Å². The van der Waals surface area contributed by atoms with Gasteiger partial charge in [0, 0.05) is 32.4 Å². The summed E-state index contributed by atoms with van der Waals surface area (Å²) in [5.74, 6) is -0.209. The van der Waals surface area contributed by atoms with Gasteiger partial charge in [0.05, 0.1) is 17.5 Å². The van der Waals surface area contributed by atoms with Gasteiger partial charge in [-0.1, -0.05) is 0 Å². The number of unbranched alkanes of at least 4 members (excludes halogenated alkanes) is 1. The van der Waals surface area contributed by atoms with Crippen molar-refractivity contribution in [3.63, 3.8) is 0 Å². The summed E-state index contributed by atoms with van der Waals surface area (Å²) in [5, 5.41) is 3.19. The predicted octanol–water partition coefficient (Wildman–Crippen LogP) is 3.03. The van der Waals surface area contributed by atoms with Crippen molar-refractivity contribution in [2.75, 3.05) is 31.3 Å². The minimum atomic E-state index is -0.434. The molecule has 5 heteroatoms. The summed E-state index contributed by atoms with van der Waals surface area (Å²) in [4.78, 5) is 0. The number of benzene rings is 1. The quantitative estimate of drug-likeness (QED) is 0.563. The molecule has 0 radical (unpaired) electrons. The van der Waals surface area contributed by atoms with Crippen LogP contribution in [-0.4, -0.2) is 26.4 Å². The zero-order valence-electron chi connectivity index (χ0n) is 11.8. The molecule has 0 fully saturated rings. The number of hydrogen-bond donors (Lipinski definition) is 2. The van der Waals surface area contributed by atoms with Crippen molar-refractivity contribution in [1.82, 2.24) is 0 Å². The van der Waals surface area contributed by atoms with Gasteiger partial charge in [0.15, 0.2) is 11.6 Å². The number of anilines is 2. The predicted molar refractivity (Wildman–Crippen MR) is 76.2 cm³/mol. The number of methoxy groups -OCH3 is 1. The Kier molecular flexibility index (Phi) is 6.42. The number of nitrogen functional groups attached to an aromatic ring is 1.